The molecule has 2 nitrogen and oxygen atoms in total. The van der Waals surface area contributed by atoms with Crippen LogP contribution in [0.5, 0.6) is 0 Å². The minimum atomic E-state index is 0.560. The Morgan fingerprint density at radius 1 is 1.18 bits per heavy atom. The van der Waals surface area contributed by atoms with Crippen molar-refractivity contribution in [2.45, 2.75) is 0 Å². The minimum Gasteiger partial charge on any atom is -0.300 e. The summed E-state index contributed by atoms with van der Waals surface area (Å²) >= 11 is 0. The highest BCUT2D eigenvalue weighted by Crippen LogP contribution is 2.19. The van der Waals surface area contributed by atoms with Gasteiger partial charge >= 0.3 is 0 Å². The summed E-state index contributed by atoms with van der Waals surface area (Å²) in [4.78, 5) is 3.97. The predicted octanol–water partition coefficient (Wildman–Crippen LogP) is 2.15. The highest BCUT2D eigenvalue weighted by atomic mass is 14.6. The van der Waals surface area contributed by atoms with Crippen LogP contribution >= 0.6 is 0 Å². The number of pyridine rings is 1. The first kappa shape index (κ1) is 6.16. The number of hydrogen-bond acceptors (Lipinski definition) is 1. The summed E-state index contributed by atoms with van der Waals surface area (Å²) in [7, 11) is 0. The van der Waals surface area contributed by atoms with Crippen molar-refractivity contribution < 1.29 is 0 Å². The van der Waals surface area contributed by atoms with Gasteiger partial charge in [-0.15, -0.1) is 0 Å². The monoisotopic (exact) mass is 143 g/mol. The Kier molecular flexibility index (Phi) is 1.25. The maximum absolute atomic E-state index is 7.54. The minimum absolute atomic E-state index is 0.560. The van der Waals surface area contributed by atoms with Crippen molar-refractivity contribution in [3.8, 4) is 0 Å². The van der Waals surface area contributed by atoms with Gasteiger partial charge < -0.3 is 5.73 Å². The molecule has 1 aromatic heterocycles. The van der Waals surface area contributed by atoms with Crippen LogP contribution in [0.3, 0.4) is 0 Å². The average molecular weight is 143 g/mol. The van der Waals surface area contributed by atoms with Gasteiger partial charge in [0, 0.05) is 23.2 Å². The first-order valence-electron chi connectivity index (χ1n) is 3.42. The van der Waals surface area contributed by atoms with Crippen molar-refractivity contribution in [1.29, 1.82) is 0 Å². The van der Waals surface area contributed by atoms with Gasteiger partial charge in [0.25, 0.3) is 0 Å². The first-order chi connectivity index (χ1) is 5.38. The molecule has 2 rings (SSSR count). The summed E-state index contributed by atoms with van der Waals surface area (Å²) in [5.74, 6) is 0. The molecule has 1 heterocycles. The summed E-state index contributed by atoms with van der Waals surface area (Å²) in [6, 6.07) is 7.46. The normalized spacial score (nSPS) is 10.2. The Bertz CT molecular complexity index is 377. The molecule has 0 saturated heterocycles. The molecule has 2 aromatic rings. The van der Waals surface area contributed by atoms with Crippen molar-refractivity contribution in [3.63, 3.8) is 0 Å². The summed E-state index contributed by atoms with van der Waals surface area (Å²) in [6.45, 7) is 0. The van der Waals surface area contributed by atoms with E-state index in [9.17, 15) is 0 Å². The average Bonchev–Trinajstić information content (AvgIpc) is 2.06. The van der Waals surface area contributed by atoms with Gasteiger partial charge in [0.15, 0.2) is 0 Å². The van der Waals surface area contributed by atoms with Crippen LogP contribution in [0, 0.1) is 0 Å². The van der Waals surface area contributed by atoms with E-state index in [1.165, 1.54) is 0 Å². The van der Waals surface area contributed by atoms with Crippen LogP contribution in [0.1, 0.15) is 0 Å². The van der Waals surface area contributed by atoms with Gasteiger partial charge in [0.2, 0.25) is 0 Å². The molecule has 0 unspecified atom stereocenters. The maximum Gasteiger partial charge on any atom is 0.0619 e. The third kappa shape index (κ3) is 0.923. The van der Waals surface area contributed by atoms with Gasteiger partial charge in [-0.05, 0) is 12.1 Å². The molecular weight excluding hydrogens is 136 g/mol. The van der Waals surface area contributed by atoms with E-state index >= 15 is 0 Å². The molecule has 0 atom stereocenters. The van der Waals surface area contributed by atoms with Gasteiger partial charge in [0.05, 0.1) is 5.69 Å². The molecule has 1 radical (unpaired) electrons. The third-order valence-electron chi connectivity index (χ3n) is 1.68. The molecule has 53 valence electrons. The molecule has 0 bridgehead atoms. The largest absolute Gasteiger partial charge is 0.300 e. The van der Waals surface area contributed by atoms with E-state index in [4.69, 9.17) is 5.73 Å². The molecule has 0 spiro atoms. The Morgan fingerprint density at radius 3 is 2.91 bits per heavy atom. The standard InChI is InChI=1S/C9H7N2/c10-9-3-1-2-7-6-11-5-4-8(7)9/h1-6,10H. The lowest BCUT2D eigenvalue weighted by Crippen LogP contribution is -1.76. The Labute approximate surface area is 64.7 Å². The second kappa shape index (κ2) is 2.23. The van der Waals surface area contributed by atoms with E-state index in [1.54, 1.807) is 18.5 Å². The van der Waals surface area contributed by atoms with Crippen LogP contribution < -0.4 is 5.73 Å². The zero-order chi connectivity index (χ0) is 7.68. The first-order valence-corrected chi connectivity index (χ1v) is 3.42. The van der Waals surface area contributed by atoms with Crippen LogP contribution in [-0.2, 0) is 0 Å². The Morgan fingerprint density at radius 2 is 2.09 bits per heavy atom. The number of aromatic nitrogens is 1. The number of rotatable bonds is 0. The third-order valence-corrected chi connectivity index (χ3v) is 1.68. The fraction of sp³-hybridized carbons (Fsp3) is 0. The molecule has 11 heavy (non-hydrogen) atoms. The van der Waals surface area contributed by atoms with Gasteiger partial charge in [0.1, 0.15) is 0 Å². The fourth-order valence-electron chi connectivity index (χ4n) is 1.12. The lowest BCUT2D eigenvalue weighted by Gasteiger charge is -1.97. The lowest BCUT2D eigenvalue weighted by atomic mass is 10.1. The van der Waals surface area contributed by atoms with Crippen molar-refractivity contribution in [1.82, 2.24) is 10.7 Å². The van der Waals surface area contributed by atoms with Gasteiger partial charge in [-0.3, -0.25) is 4.98 Å². The van der Waals surface area contributed by atoms with Crippen LogP contribution in [0.25, 0.3) is 10.8 Å². The fourth-order valence-corrected chi connectivity index (χ4v) is 1.12. The molecular formula is C9H7N2. The maximum atomic E-state index is 7.54. The summed E-state index contributed by atoms with van der Waals surface area (Å²) in [5.41, 5.74) is 8.10. The molecule has 0 aliphatic rings. The number of nitrogens with zero attached hydrogens (tertiary/aromatic N) is 1. The highest BCUT2D eigenvalue weighted by molar-refractivity contribution is 5.90. The molecule has 1 N–H and O–H groups in total. The second-order valence-electron chi connectivity index (χ2n) is 2.40. The van der Waals surface area contributed by atoms with E-state index in [2.05, 4.69) is 4.98 Å². The molecule has 0 saturated carbocycles. The van der Waals surface area contributed by atoms with Crippen LogP contribution in [0.2, 0.25) is 0 Å². The molecule has 2 heteroatoms. The molecule has 1 aromatic carbocycles. The van der Waals surface area contributed by atoms with E-state index in [0.29, 0.717) is 5.69 Å². The quantitative estimate of drug-likeness (QED) is 0.556. The van der Waals surface area contributed by atoms with Crippen molar-refractivity contribution in [2.24, 2.45) is 0 Å². The number of benzene rings is 1. The zero-order valence-corrected chi connectivity index (χ0v) is 5.91. The number of nitrogens with one attached hydrogen (secondary N) is 1. The molecule has 0 aliphatic carbocycles. The summed E-state index contributed by atoms with van der Waals surface area (Å²) in [6.07, 6.45) is 3.48. The van der Waals surface area contributed by atoms with E-state index in [-0.39, 0.29) is 0 Å². The number of hydrogen-bond donors (Lipinski definition) is 0. The molecule has 0 aliphatic heterocycles. The van der Waals surface area contributed by atoms with Crippen LogP contribution in [0.4, 0.5) is 5.69 Å². The summed E-state index contributed by atoms with van der Waals surface area (Å²) in [5, 5.41) is 1.99. The van der Waals surface area contributed by atoms with Crippen LogP contribution in [0.15, 0.2) is 36.7 Å². The van der Waals surface area contributed by atoms with Crippen molar-refractivity contribution >= 4 is 16.5 Å². The highest BCUT2D eigenvalue weighted by Gasteiger charge is 1.94. The molecule has 0 fully saturated rings. The van der Waals surface area contributed by atoms with E-state index in [1.807, 2.05) is 18.2 Å². The van der Waals surface area contributed by atoms with Crippen molar-refractivity contribution in [2.75, 3.05) is 0 Å². The number of fused-ring (bicyclic) bond motifs is 1. The van der Waals surface area contributed by atoms with E-state index < -0.39 is 0 Å². The predicted molar refractivity (Wildman–Crippen MR) is 44.5 cm³/mol. The van der Waals surface area contributed by atoms with Gasteiger partial charge in [-0.2, -0.15) is 0 Å². The molecule has 0 amide bonds. The van der Waals surface area contributed by atoms with Crippen molar-refractivity contribution in [3.05, 3.63) is 36.7 Å². The van der Waals surface area contributed by atoms with Gasteiger partial charge in [-0.1, -0.05) is 12.1 Å². The Balaban J connectivity index is 2.91. The summed E-state index contributed by atoms with van der Waals surface area (Å²) < 4.78 is 0. The van der Waals surface area contributed by atoms with Crippen LogP contribution in [-0.4, -0.2) is 4.98 Å². The SMILES string of the molecule is [NH]c1cccc2cnccc12. The topological polar surface area (TPSA) is 36.7 Å². The Hall–Kier alpha value is -1.57. The second-order valence-corrected chi connectivity index (χ2v) is 2.40. The smallest absolute Gasteiger partial charge is 0.0619 e. The zero-order valence-electron chi connectivity index (χ0n) is 5.91. The lowest BCUT2D eigenvalue weighted by molar-refractivity contribution is 1.36. The van der Waals surface area contributed by atoms with E-state index in [0.717, 1.165) is 10.8 Å². The van der Waals surface area contributed by atoms with Gasteiger partial charge in [-0.25, -0.2) is 0 Å².